The monoisotopic (exact) mass is 311 g/mol. The maximum atomic E-state index is 11.7. The Morgan fingerprint density at radius 2 is 2.04 bits per heavy atom. The third-order valence-corrected chi connectivity index (χ3v) is 2.99. The number of aromatic hydroxyl groups is 1. The van der Waals surface area contributed by atoms with Crippen molar-refractivity contribution in [2.45, 2.75) is 0 Å². The molecule has 5 nitrogen and oxygen atoms in total. The molecular weight excluding hydrogens is 294 g/mol. The number of H-pyrrole nitrogens is 1. The van der Waals surface area contributed by atoms with Crippen LogP contribution in [0.5, 0.6) is 11.5 Å². The predicted octanol–water partition coefficient (Wildman–Crippen LogP) is 3.47. The number of ketones is 1. The van der Waals surface area contributed by atoms with Gasteiger partial charge in [-0.05, 0) is 48.1 Å². The van der Waals surface area contributed by atoms with E-state index in [1.165, 1.54) is 25.3 Å². The van der Waals surface area contributed by atoms with Crippen LogP contribution in [0.4, 0.5) is 0 Å². The molecular formula is C18H17NO4. The Hall–Kier alpha value is -3.21. The molecule has 0 aliphatic heterocycles. The summed E-state index contributed by atoms with van der Waals surface area (Å²) in [7, 11) is 1.45. The Labute approximate surface area is 133 Å². The van der Waals surface area contributed by atoms with Gasteiger partial charge < -0.3 is 19.9 Å². The van der Waals surface area contributed by atoms with Crippen LogP contribution in [-0.2, 0) is 4.79 Å². The number of phenols is 1. The highest BCUT2D eigenvalue weighted by atomic mass is 16.5. The lowest BCUT2D eigenvalue weighted by Crippen LogP contribution is -1.88. The topological polar surface area (TPSA) is 82.5 Å². The van der Waals surface area contributed by atoms with Crippen molar-refractivity contribution in [2.75, 3.05) is 7.11 Å². The van der Waals surface area contributed by atoms with Crippen molar-refractivity contribution in [3.63, 3.8) is 0 Å². The highest BCUT2D eigenvalue weighted by molar-refractivity contribution is 6.02. The molecule has 0 saturated heterocycles. The molecule has 2 aromatic rings. The number of hydrogen-bond donors (Lipinski definition) is 3. The number of hydrogen-bond acceptors (Lipinski definition) is 4. The smallest absolute Gasteiger partial charge is 0.182 e. The second kappa shape index (κ2) is 7.70. The van der Waals surface area contributed by atoms with Gasteiger partial charge in [0.2, 0.25) is 0 Å². The Kier molecular flexibility index (Phi) is 5.41. The van der Waals surface area contributed by atoms with Crippen LogP contribution >= 0.6 is 0 Å². The van der Waals surface area contributed by atoms with Crippen molar-refractivity contribution in [1.82, 2.24) is 4.98 Å². The number of aromatic amines is 1. The highest BCUT2D eigenvalue weighted by Crippen LogP contribution is 2.26. The number of methoxy groups -OCH3 is 1. The Bertz CT molecular complexity index is 755. The third kappa shape index (κ3) is 4.93. The minimum Gasteiger partial charge on any atom is -0.508 e. The van der Waals surface area contributed by atoms with Crippen molar-refractivity contribution in [3.05, 3.63) is 71.8 Å². The lowest BCUT2D eigenvalue weighted by molar-refractivity contribution is -0.110. The average Bonchev–Trinajstić information content (AvgIpc) is 3.05. The minimum atomic E-state index is -0.329. The first kappa shape index (κ1) is 16.2. The van der Waals surface area contributed by atoms with Crippen molar-refractivity contribution >= 4 is 17.9 Å². The summed E-state index contributed by atoms with van der Waals surface area (Å²) in [6.07, 6.45) is 8.86. The van der Waals surface area contributed by atoms with Gasteiger partial charge in [0.15, 0.2) is 17.3 Å². The molecule has 0 spiro atoms. The molecule has 0 unspecified atom stereocenters. The molecule has 2 rings (SSSR count). The van der Waals surface area contributed by atoms with Crippen LogP contribution in [0.3, 0.4) is 0 Å². The number of nitrogens with one attached hydrogen (secondary N) is 1. The van der Waals surface area contributed by atoms with Gasteiger partial charge in [0.1, 0.15) is 5.76 Å². The van der Waals surface area contributed by atoms with E-state index < -0.39 is 0 Å². The van der Waals surface area contributed by atoms with Crippen LogP contribution in [0.15, 0.2) is 60.5 Å². The van der Waals surface area contributed by atoms with Gasteiger partial charge in [-0.1, -0.05) is 12.1 Å². The number of carbonyl (C=O) groups excluding carboxylic acids is 1. The molecule has 0 saturated carbocycles. The normalized spacial score (nSPS) is 12.1. The molecule has 5 heteroatoms. The Balaban J connectivity index is 2.02. The fraction of sp³-hybridized carbons (Fsp3) is 0.0556. The van der Waals surface area contributed by atoms with Crippen molar-refractivity contribution in [1.29, 1.82) is 0 Å². The van der Waals surface area contributed by atoms with Gasteiger partial charge in [-0.15, -0.1) is 0 Å². The van der Waals surface area contributed by atoms with Crippen LogP contribution < -0.4 is 4.74 Å². The summed E-state index contributed by atoms with van der Waals surface area (Å²) < 4.78 is 5.00. The molecule has 0 fully saturated rings. The van der Waals surface area contributed by atoms with Gasteiger partial charge in [-0.2, -0.15) is 0 Å². The van der Waals surface area contributed by atoms with Crippen LogP contribution in [0.25, 0.3) is 12.2 Å². The standard InChI is InChI=1S/C18H17NO4/c1-23-18-11-13(5-9-17(18)22)4-7-15(20)12-16(21)8-6-14-3-2-10-19-14/h2-12,19-20,22H,1H3/b7-4+,8-6+,15-12-. The average molecular weight is 311 g/mol. The number of rotatable bonds is 6. The van der Waals surface area contributed by atoms with Gasteiger partial charge in [-0.3, -0.25) is 4.79 Å². The largest absolute Gasteiger partial charge is 0.508 e. The van der Waals surface area contributed by atoms with Gasteiger partial charge in [0, 0.05) is 18.0 Å². The van der Waals surface area contributed by atoms with Gasteiger partial charge in [-0.25, -0.2) is 0 Å². The van der Waals surface area contributed by atoms with Gasteiger partial charge in [0.05, 0.1) is 7.11 Å². The van der Waals surface area contributed by atoms with E-state index in [2.05, 4.69) is 4.98 Å². The molecule has 0 amide bonds. The minimum absolute atomic E-state index is 0.0362. The summed E-state index contributed by atoms with van der Waals surface area (Å²) in [6, 6.07) is 8.42. The first-order chi connectivity index (χ1) is 11.1. The fourth-order valence-electron chi connectivity index (χ4n) is 1.84. The van der Waals surface area contributed by atoms with E-state index >= 15 is 0 Å². The maximum absolute atomic E-state index is 11.7. The van der Waals surface area contributed by atoms with Gasteiger partial charge in [0.25, 0.3) is 0 Å². The number of aliphatic hydroxyl groups is 1. The van der Waals surface area contributed by atoms with E-state index in [9.17, 15) is 15.0 Å². The van der Waals surface area contributed by atoms with E-state index in [4.69, 9.17) is 4.74 Å². The molecule has 1 aromatic heterocycles. The van der Waals surface area contributed by atoms with Crippen molar-refractivity contribution in [3.8, 4) is 11.5 Å². The molecule has 0 aliphatic carbocycles. The predicted molar refractivity (Wildman–Crippen MR) is 89.2 cm³/mol. The van der Waals surface area contributed by atoms with Gasteiger partial charge >= 0.3 is 0 Å². The van der Waals surface area contributed by atoms with Crippen LogP contribution in [0.2, 0.25) is 0 Å². The summed E-state index contributed by atoms with van der Waals surface area (Å²) in [4.78, 5) is 14.6. The number of ether oxygens (including phenoxy) is 1. The Morgan fingerprint density at radius 1 is 1.22 bits per heavy atom. The molecule has 0 aliphatic rings. The van der Waals surface area contributed by atoms with E-state index in [1.54, 1.807) is 30.5 Å². The molecule has 0 atom stereocenters. The number of aromatic nitrogens is 1. The van der Waals surface area contributed by atoms with Crippen molar-refractivity contribution < 1.29 is 19.7 Å². The van der Waals surface area contributed by atoms with Crippen LogP contribution in [0.1, 0.15) is 11.3 Å². The lowest BCUT2D eigenvalue weighted by atomic mass is 10.1. The molecule has 1 heterocycles. The molecule has 1 aromatic carbocycles. The quantitative estimate of drug-likeness (QED) is 0.433. The van der Waals surface area contributed by atoms with E-state index in [0.717, 1.165) is 11.8 Å². The molecule has 0 radical (unpaired) electrons. The first-order valence-electron chi connectivity index (χ1n) is 6.89. The third-order valence-electron chi connectivity index (χ3n) is 2.99. The number of phenolic OH excluding ortho intramolecular Hbond substituents is 1. The molecule has 0 bridgehead atoms. The second-order valence-corrected chi connectivity index (χ2v) is 4.69. The van der Waals surface area contributed by atoms with Crippen molar-refractivity contribution in [2.24, 2.45) is 0 Å². The Morgan fingerprint density at radius 3 is 2.74 bits per heavy atom. The molecule has 23 heavy (non-hydrogen) atoms. The maximum Gasteiger partial charge on any atom is 0.182 e. The zero-order valence-corrected chi connectivity index (χ0v) is 12.6. The fourth-order valence-corrected chi connectivity index (χ4v) is 1.84. The molecule has 118 valence electrons. The summed E-state index contributed by atoms with van der Waals surface area (Å²) in [5.41, 5.74) is 1.52. The van der Waals surface area contributed by atoms with E-state index in [1.807, 2.05) is 12.1 Å². The number of carbonyl (C=O) groups is 1. The number of benzene rings is 1. The first-order valence-corrected chi connectivity index (χ1v) is 6.89. The van der Waals surface area contributed by atoms with Crippen LogP contribution in [-0.4, -0.2) is 28.1 Å². The summed E-state index contributed by atoms with van der Waals surface area (Å²) >= 11 is 0. The second-order valence-electron chi connectivity index (χ2n) is 4.69. The lowest BCUT2D eigenvalue weighted by Gasteiger charge is -2.03. The number of aliphatic hydroxyl groups excluding tert-OH is 1. The highest BCUT2D eigenvalue weighted by Gasteiger charge is 2.00. The van der Waals surface area contributed by atoms with E-state index in [-0.39, 0.29) is 17.3 Å². The number of allylic oxidation sites excluding steroid dienone is 3. The summed E-state index contributed by atoms with van der Waals surface area (Å²) in [6.45, 7) is 0. The SMILES string of the molecule is COc1cc(/C=C/C(O)=C/C(=O)/C=C/c2ccc[nH]2)ccc1O. The molecule has 3 N–H and O–H groups in total. The summed E-state index contributed by atoms with van der Waals surface area (Å²) in [5.74, 6) is -0.127. The van der Waals surface area contributed by atoms with Crippen LogP contribution in [0, 0.1) is 0 Å². The zero-order chi connectivity index (χ0) is 16.7. The summed E-state index contributed by atoms with van der Waals surface area (Å²) in [5, 5.41) is 19.3. The zero-order valence-electron chi connectivity index (χ0n) is 12.6. The van der Waals surface area contributed by atoms with E-state index in [0.29, 0.717) is 11.3 Å².